The molecule has 2 aromatic carbocycles. The molecule has 7 nitrogen and oxygen atoms in total. The second-order valence-electron chi connectivity index (χ2n) is 5.81. The summed E-state index contributed by atoms with van der Waals surface area (Å²) in [6.45, 7) is 0.247. The summed E-state index contributed by atoms with van der Waals surface area (Å²) in [6.07, 6.45) is 5.55. The lowest BCUT2D eigenvalue weighted by Gasteiger charge is -2.10. The van der Waals surface area contributed by atoms with Crippen molar-refractivity contribution in [1.29, 1.82) is 0 Å². The van der Waals surface area contributed by atoms with Gasteiger partial charge in [-0.1, -0.05) is 23.3 Å². The highest BCUT2D eigenvalue weighted by Crippen LogP contribution is 2.34. The smallest absolute Gasteiger partial charge is 0.283 e. The molecule has 0 spiro atoms. The van der Waals surface area contributed by atoms with Gasteiger partial charge in [0.25, 0.3) is 5.91 Å². The third-order valence-corrected chi connectivity index (χ3v) is 5.31. The maximum absolute atomic E-state index is 12.9. The maximum atomic E-state index is 12.9. The van der Waals surface area contributed by atoms with Gasteiger partial charge in [-0.25, -0.2) is 0 Å². The van der Waals surface area contributed by atoms with Crippen molar-refractivity contribution in [2.24, 2.45) is 4.99 Å². The first-order valence-electron chi connectivity index (χ1n) is 8.56. The Labute approximate surface area is 172 Å². The molecule has 1 amide bonds. The molecule has 0 aliphatic rings. The first kappa shape index (κ1) is 20.3. The lowest BCUT2D eigenvalue weighted by molar-refractivity contribution is 0.0994. The molecule has 8 heteroatoms. The van der Waals surface area contributed by atoms with Crippen LogP contribution in [0.1, 0.15) is 10.4 Å². The van der Waals surface area contributed by atoms with E-state index in [9.17, 15) is 4.79 Å². The highest BCUT2D eigenvalue weighted by molar-refractivity contribution is 7.16. The molecule has 29 heavy (non-hydrogen) atoms. The number of thiazole rings is 1. The Balaban J connectivity index is 2.21. The molecule has 3 rings (SSSR count). The van der Waals surface area contributed by atoms with Crippen LogP contribution in [-0.4, -0.2) is 38.9 Å². The summed E-state index contributed by atoms with van der Waals surface area (Å²) in [6, 6.07) is 8.71. The van der Waals surface area contributed by atoms with Crippen LogP contribution in [-0.2, 0) is 6.54 Å². The predicted molar refractivity (Wildman–Crippen MR) is 111 cm³/mol. The van der Waals surface area contributed by atoms with E-state index in [0.717, 1.165) is 10.2 Å². The van der Waals surface area contributed by atoms with Crippen LogP contribution < -0.4 is 23.7 Å². The van der Waals surface area contributed by atoms with Crippen LogP contribution in [0.15, 0.2) is 35.3 Å². The Bertz CT molecular complexity index is 1170. The lowest BCUT2D eigenvalue weighted by Crippen LogP contribution is -2.16. The molecule has 0 saturated carbocycles. The minimum atomic E-state index is -0.461. The van der Waals surface area contributed by atoms with Crippen LogP contribution in [0.2, 0.25) is 0 Å². The van der Waals surface area contributed by atoms with Crippen molar-refractivity contribution in [2.45, 2.75) is 6.54 Å². The largest absolute Gasteiger partial charge is 0.493 e. The maximum Gasteiger partial charge on any atom is 0.283 e. The van der Waals surface area contributed by atoms with Crippen molar-refractivity contribution < 1.29 is 23.7 Å². The Morgan fingerprint density at radius 2 is 1.76 bits per heavy atom. The van der Waals surface area contributed by atoms with Gasteiger partial charge in [0.05, 0.1) is 50.8 Å². The molecule has 0 unspecified atom stereocenters. The number of benzene rings is 2. The number of terminal acetylenes is 1. The fraction of sp³-hybridized carbons (Fsp3) is 0.238. The van der Waals surface area contributed by atoms with Crippen LogP contribution >= 0.6 is 11.3 Å². The zero-order chi connectivity index (χ0) is 21.0. The molecule has 0 saturated heterocycles. The average Bonchev–Trinajstić information content (AvgIpc) is 3.07. The topological polar surface area (TPSA) is 71.3 Å². The van der Waals surface area contributed by atoms with Crippen molar-refractivity contribution in [3.05, 3.63) is 40.7 Å². The summed E-state index contributed by atoms with van der Waals surface area (Å²) in [5.41, 5.74) is 1.10. The van der Waals surface area contributed by atoms with Crippen molar-refractivity contribution in [2.75, 3.05) is 28.4 Å². The molecule has 3 aromatic rings. The first-order valence-corrected chi connectivity index (χ1v) is 9.38. The third-order valence-electron chi connectivity index (χ3n) is 4.27. The van der Waals surface area contributed by atoms with Crippen LogP contribution in [0.4, 0.5) is 0 Å². The zero-order valence-electron chi connectivity index (χ0n) is 16.5. The number of nitrogens with zero attached hydrogens (tertiary/aromatic N) is 2. The van der Waals surface area contributed by atoms with Gasteiger partial charge in [0.15, 0.2) is 27.8 Å². The second kappa shape index (κ2) is 8.71. The number of carbonyl (C=O) groups is 1. The van der Waals surface area contributed by atoms with Crippen molar-refractivity contribution >= 4 is 27.5 Å². The number of amides is 1. The standard InChI is InChI=1S/C21H20N2O5S/c1-6-10-23-14-11-16(26-3)17(27-4)12-18(14)29-21(23)22-20(24)13-8-7-9-15(25-2)19(13)28-5/h1,7-9,11-12H,10H2,2-5H3. The fourth-order valence-electron chi connectivity index (χ4n) is 2.93. The summed E-state index contributed by atoms with van der Waals surface area (Å²) in [5, 5.41) is 0. The molecular formula is C21H20N2O5S. The van der Waals surface area contributed by atoms with Gasteiger partial charge >= 0.3 is 0 Å². The van der Waals surface area contributed by atoms with Crippen LogP contribution in [0.25, 0.3) is 10.2 Å². The Morgan fingerprint density at radius 3 is 2.38 bits per heavy atom. The van der Waals surface area contributed by atoms with E-state index in [4.69, 9.17) is 25.4 Å². The van der Waals surface area contributed by atoms with Crippen molar-refractivity contribution in [3.8, 4) is 35.3 Å². The van der Waals surface area contributed by atoms with Gasteiger partial charge in [-0.05, 0) is 12.1 Å². The monoisotopic (exact) mass is 412 g/mol. The van der Waals surface area contributed by atoms with E-state index >= 15 is 0 Å². The predicted octanol–water partition coefficient (Wildman–Crippen LogP) is 3.11. The van der Waals surface area contributed by atoms with Gasteiger partial charge in [-0.15, -0.1) is 6.42 Å². The molecule has 0 bridgehead atoms. The number of ether oxygens (including phenoxy) is 4. The summed E-state index contributed by atoms with van der Waals surface area (Å²) in [5.74, 6) is 4.08. The average molecular weight is 412 g/mol. The third kappa shape index (κ3) is 3.77. The minimum absolute atomic E-state index is 0.247. The van der Waals surface area contributed by atoms with Gasteiger partial charge in [0.1, 0.15) is 0 Å². The summed E-state index contributed by atoms with van der Waals surface area (Å²) in [7, 11) is 6.12. The number of rotatable bonds is 6. The van der Waals surface area contributed by atoms with Crippen molar-refractivity contribution in [3.63, 3.8) is 0 Å². The number of hydrogen-bond donors (Lipinski definition) is 0. The number of methoxy groups -OCH3 is 4. The van der Waals surface area contributed by atoms with Crippen LogP contribution in [0.3, 0.4) is 0 Å². The first-order chi connectivity index (χ1) is 14.1. The van der Waals surface area contributed by atoms with Gasteiger partial charge in [-0.2, -0.15) is 4.99 Å². The van der Waals surface area contributed by atoms with E-state index in [1.165, 1.54) is 25.6 Å². The van der Waals surface area contributed by atoms with Gasteiger partial charge < -0.3 is 23.5 Å². The molecule has 0 fully saturated rings. The van der Waals surface area contributed by atoms with Crippen LogP contribution in [0.5, 0.6) is 23.0 Å². The molecule has 0 aliphatic carbocycles. The second-order valence-corrected chi connectivity index (χ2v) is 6.82. The number of hydrogen-bond acceptors (Lipinski definition) is 6. The van der Waals surface area contributed by atoms with E-state index in [0.29, 0.717) is 33.4 Å². The fourth-order valence-corrected chi connectivity index (χ4v) is 3.97. The summed E-state index contributed by atoms with van der Waals surface area (Å²) < 4.78 is 24.0. The van der Waals surface area contributed by atoms with Gasteiger partial charge in [0.2, 0.25) is 0 Å². The quantitative estimate of drug-likeness (QED) is 0.582. The SMILES string of the molecule is C#CCn1c(=NC(=O)c2cccc(OC)c2OC)sc2cc(OC)c(OC)cc21. The molecule has 0 N–H and O–H groups in total. The Hall–Kier alpha value is -3.44. The van der Waals surface area contributed by atoms with Crippen LogP contribution in [0, 0.1) is 12.3 Å². The molecular weight excluding hydrogens is 392 g/mol. The number of carbonyl (C=O) groups excluding carboxylic acids is 1. The minimum Gasteiger partial charge on any atom is -0.493 e. The number of fused-ring (bicyclic) bond motifs is 1. The summed E-state index contributed by atoms with van der Waals surface area (Å²) >= 11 is 1.33. The van der Waals surface area contributed by atoms with Gasteiger partial charge in [-0.3, -0.25) is 4.79 Å². The van der Waals surface area contributed by atoms with Crippen molar-refractivity contribution in [1.82, 2.24) is 4.57 Å². The highest BCUT2D eigenvalue weighted by Gasteiger charge is 2.17. The van der Waals surface area contributed by atoms with E-state index in [-0.39, 0.29) is 6.54 Å². The zero-order valence-corrected chi connectivity index (χ0v) is 17.3. The molecule has 0 atom stereocenters. The van der Waals surface area contributed by atoms with Gasteiger partial charge in [0, 0.05) is 12.1 Å². The summed E-state index contributed by atoms with van der Waals surface area (Å²) in [4.78, 5) is 17.7. The molecule has 1 aromatic heterocycles. The molecule has 0 aliphatic heterocycles. The van der Waals surface area contributed by atoms with E-state index < -0.39 is 5.91 Å². The Morgan fingerprint density at radius 1 is 1.07 bits per heavy atom. The van der Waals surface area contributed by atoms with E-state index in [1.54, 1.807) is 37.0 Å². The highest BCUT2D eigenvalue weighted by atomic mass is 32.1. The van der Waals surface area contributed by atoms with E-state index in [2.05, 4.69) is 10.9 Å². The van der Waals surface area contributed by atoms with E-state index in [1.807, 2.05) is 12.1 Å². The molecule has 150 valence electrons. The lowest BCUT2D eigenvalue weighted by atomic mass is 10.2. The number of para-hydroxylation sites is 1. The molecule has 1 heterocycles. The normalized spacial score (nSPS) is 11.2. The Kier molecular flexibility index (Phi) is 6.10. The number of aromatic nitrogens is 1. The molecule has 0 radical (unpaired) electrons.